The Labute approximate surface area is 133 Å². The second-order valence-corrected chi connectivity index (χ2v) is 5.75. The van der Waals surface area contributed by atoms with E-state index in [1.807, 2.05) is 12.1 Å². The molecule has 0 bridgehead atoms. The minimum atomic E-state index is -0.0139. The van der Waals surface area contributed by atoms with Crippen LogP contribution in [0.5, 0.6) is 5.75 Å². The van der Waals surface area contributed by atoms with Crippen molar-refractivity contribution in [2.75, 3.05) is 6.61 Å². The maximum absolute atomic E-state index is 9.33. The van der Waals surface area contributed by atoms with Crippen molar-refractivity contribution in [3.05, 3.63) is 65.2 Å². The predicted molar refractivity (Wildman–Crippen MR) is 90.1 cm³/mol. The molecule has 0 radical (unpaired) electrons. The number of benzene rings is 2. The summed E-state index contributed by atoms with van der Waals surface area (Å²) in [5.41, 5.74) is 3.59. The molecule has 22 heavy (non-hydrogen) atoms. The Morgan fingerprint density at radius 1 is 0.909 bits per heavy atom. The van der Waals surface area contributed by atoms with Gasteiger partial charge in [-0.1, -0.05) is 47.5 Å². The molecule has 2 rings (SSSR count). The van der Waals surface area contributed by atoms with Crippen LogP contribution in [0.1, 0.15) is 41.9 Å². The van der Waals surface area contributed by atoms with Gasteiger partial charge in [-0.15, -0.1) is 0 Å². The molecule has 0 aliphatic rings. The van der Waals surface area contributed by atoms with E-state index >= 15 is 0 Å². The fourth-order valence-electron chi connectivity index (χ4n) is 2.38. The van der Waals surface area contributed by atoms with E-state index in [1.54, 1.807) is 0 Å². The van der Waals surface area contributed by atoms with Gasteiger partial charge in [-0.3, -0.25) is 0 Å². The minimum absolute atomic E-state index is 0.0139. The maximum atomic E-state index is 9.33. The van der Waals surface area contributed by atoms with Crippen LogP contribution in [-0.2, 0) is 0 Å². The lowest BCUT2D eigenvalue weighted by molar-refractivity contribution is 0.304. The Morgan fingerprint density at radius 2 is 1.50 bits per heavy atom. The van der Waals surface area contributed by atoms with Gasteiger partial charge in [0.05, 0.1) is 18.6 Å². The molecular formula is C20H23NO. The van der Waals surface area contributed by atoms with Gasteiger partial charge in [0.15, 0.2) is 0 Å². The second-order valence-electron chi connectivity index (χ2n) is 5.75. The average Bonchev–Trinajstić information content (AvgIpc) is 2.54. The van der Waals surface area contributed by atoms with E-state index in [4.69, 9.17) is 4.74 Å². The summed E-state index contributed by atoms with van der Waals surface area (Å²) < 4.78 is 5.71. The third-order valence-corrected chi connectivity index (χ3v) is 3.81. The molecule has 0 spiro atoms. The van der Waals surface area contributed by atoms with Crippen LogP contribution in [0.4, 0.5) is 0 Å². The third kappa shape index (κ3) is 4.93. The molecule has 0 aliphatic heterocycles. The highest BCUT2D eigenvalue weighted by Crippen LogP contribution is 2.22. The van der Waals surface area contributed by atoms with Crippen LogP contribution < -0.4 is 4.74 Å². The van der Waals surface area contributed by atoms with Crippen molar-refractivity contribution in [3.63, 3.8) is 0 Å². The highest BCUT2D eigenvalue weighted by atomic mass is 16.5. The van der Waals surface area contributed by atoms with Crippen molar-refractivity contribution < 1.29 is 4.74 Å². The number of ether oxygens (including phenoxy) is 1. The van der Waals surface area contributed by atoms with Crippen LogP contribution >= 0.6 is 0 Å². The molecule has 0 heterocycles. The van der Waals surface area contributed by atoms with Crippen molar-refractivity contribution in [2.24, 2.45) is 0 Å². The van der Waals surface area contributed by atoms with Gasteiger partial charge in [0.2, 0.25) is 0 Å². The maximum Gasteiger partial charge on any atom is 0.119 e. The van der Waals surface area contributed by atoms with Crippen molar-refractivity contribution in [1.29, 1.82) is 5.26 Å². The smallest absolute Gasteiger partial charge is 0.119 e. The summed E-state index contributed by atoms with van der Waals surface area (Å²) in [6.07, 6.45) is 2.85. The third-order valence-electron chi connectivity index (χ3n) is 3.81. The topological polar surface area (TPSA) is 33.0 Å². The fraction of sp³-hybridized carbons (Fsp3) is 0.350. The minimum Gasteiger partial charge on any atom is -0.494 e. The number of hydrogen-bond donors (Lipinski definition) is 0. The van der Waals surface area contributed by atoms with Gasteiger partial charge in [0, 0.05) is 0 Å². The first-order valence-corrected chi connectivity index (χ1v) is 7.84. The first-order valence-electron chi connectivity index (χ1n) is 7.84. The van der Waals surface area contributed by atoms with Crippen LogP contribution in [0, 0.1) is 25.2 Å². The van der Waals surface area contributed by atoms with Gasteiger partial charge < -0.3 is 4.74 Å². The summed E-state index contributed by atoms with van der Waals surface area (Å²) in [6, 6.07) is 18.8. The Morgan fingerprint density at radius 3 is 2.09 bits per heavy atom. The zero-order chi connectivity index (χ0) is 15.8. The Bertz CT molecular complexity index is 608. The summed E-state index contributed by atoms with van der Waals surface area (Å²) in [7, 11) is 0. The lowest BCUT2D eigenvalue weighted by atomic mass is 9.94. The van der Waals surface area contributed by atoms with Gasteiger partial charge in [-0.05, 0) is 50.8 Å². The number of hydrogen-bond acceptors (Lipinski definition) is 2. The van der Waals surface area contributed by atoms with Crippen molar-refractivity contribution >= 4 is 0 Å². The molecule has 1 atom stereocenters. The monoisotopic (exact) mass is 293 g/mol. The van der Waals surface area contributed by atoms with Crippen LogP contribution in [0.15, 0.2) is 48.5 Å². The molecule has 1 unspecified atom stereocenters. The molecule has 0 aliphatic carbocycles. The van der Waals surface area contributed by atoms with Gasteiger partial charge in [0.25, 0.3) is 0 Å². The molecule has 2 aromatic carbocycles. The van der Waals surface area contributed by atoms with Crippen molar-refractivity contribution in [2.45, 2.75) is 39.0 Å². The van der Waals surface area contributed by atoms with Gasteiger partial charge >= 0.3 is 0 Å². The standard InChI is InChI=1S/C20H23NO/c1-16-6-10-18(11-7-16)19(15-21)5-3-4-14-22-20-12-8-17(2)9-13-20/h6-13,19H,3-5,14H2,1-2H3. The van der Waals surface area contributed by atoms with Crippen LogP contribution in [-0.4, -0.2) is 6.61 Å². The zero-order valence-electron chi connectivity index (χ0n) is 13.4. The van der Waals surface area contributed by atoms with Gasteiger partial charge in [-0.2, -0.15) is 5.26 Å². The number of nitrogens with zero attached hydrogens (tertiary/aromatic N) is 1. The molecule has 0 saturated carbocycles. The molecule has 0 fully saturated rings. The quantitative estimate of drug-likeness (QED) is 0.661. The highest BCUT2D eigenvalue weighted by molar-refractivity contribution is 5.28. The molecule has 0 N–H and O–H groups in total. The van der Waals surface area contributed by atoms with Crippen LogP contribution in [0.2, 0.25) is 0 Å². The summed E-state index contributed by atoms with van der Waals surface area (Å²) >= 11 is 0. The zero-order valence-corrected chi connectivity index (χ0v) is 13.4. The van der Waals surface area contributed by atoms with E-state index in [0.29, 0.717) is 6.61 Å². The number of unbranched alkanes of at least 4 members (excludes halogenated alkanes) is 1. The van der Waals surface area contributed by atoms with E-state index in [2.05, 4.69) is 56.3 Å². The van der Waals surface area contributed by atoms with E-state index in [0.717, 1.165) is 30.6 Å². The number of nitriles is 1. The average molecular weight is 293 g/mol. The number of rotatable bonds is 7. The predicted octanol–water partition coefficient (Wildman–Crippen LogP) is 5.16. The summed E-state index contributed by atoms with van der Waals surface area (Å²) in [5.74, 6) is 0.904. The highest BCUT2D eigenvalue weighted by Gasteiger charge is 2.09. The molecule has 0 aromatic heterocycles. The molecule has 2 aromatic rings. The largest absolute Gasteiger partial charge is 0.494 e. The van der Waals surface area contributed by atoms with Gasteiger partial charge in [0.1, 0.15) is 5.75 Å². The van der Waals surface area contributed by atoms with Crippen LogP contribution in [0.25, 0.3) is 0 Å². The molecular weight excluding hydrogens is 270 g/mol. The lowest BCUT2D eigenvalue weighted by Crippen LogP contribution is -2.00. The lowest BCUT2D eigenvalue weighted by Gasteiger charge is -2.10. The van der Waals surface area contributed by atoms with E-state index < -0.39 is 0 Å². The molecule has 0 amide bonds. The second kappa shape index (κ2) is 8.24. The summed E-state index contributed by atoms with van der Waals surface area (Å²) in [6.45, 7) is 4.83. The molecule has 114 valence electrons. The fourth-order valence-corrected chi connectivity index (χ4v) is 2.38. The first-order chi connectivity index (χ1) is 10.7. The Balaban J connectivity index is 1.72. The summed E-state index contributed by atoms with van der Waals surface area (Å²) in [4.78, 5) is 0. The molecule has 0 saturated heterocycles. The van der Waals surface area contributed by atoms with Crippen LogP contribution in [0.3, 0.4) is 0 Å². The van der Waals surface area contributed by atoms with Gasteiger partial charge in [-0.25, -0.2) is 0 Å². The van der Waals surface area contributed by atoms with Crippen molar-refractivity contribution in [3.8, 4) is 11.8 Å². The first kappa shape index (κ1) is 16.1. The Hall–Kier alpha value is -2.27. The van der Waals surface area contributed by atoms with E-state index in [9.17, 15) is 5.26 Å². The molecule has 2 heteroatoms. The SMILES string of the molecule is Cc1ccc(OCCCCC(C#N)c2ccc(C)cc2)cc1. The van der Waals surface area contributed by atoms with Crippen molar-refractivity contribution in [1.82, 2.24) is 0 Å². The normalized spacial score (nSPS) is 11.7. The summed E-state index contributed by atoms with van der Waals surface area (Å²) in [5, 5.41) is 9.33. The van der Waals surface area contributed by atoms with E-state index in [-0.39, 0.29) is 5.92 Å². The van der Waals surface area contributed by atoms with E-state index in [1.165, 1.54) is 11.1 Å². The Kier molecular flexibility index (Phi) is 6.03. The molecule has 2 nitrogen and oxygen atoms in total. The number of aryl methyl sites for hydroxylation is 2.